The number of likely N-dealkylation sites (tertiary alicyclic amines) is 1. The molecule has 0 aliphatic carbocycles. The van der Waals surface area contributed by atoms with Gasteiger partial charge in [0.2, 0.25) is 29.5 Å². The molecule has 1 aromatic rings. The van der Waals surface area contributed by atoms with Gasteiger partial charge >= 0.3 is 11.9 Å². The van der Waals surface area contributed by atoms with Crippen LogP contribution in [-0.4, -0.2) is 99.9 Å². The van der Waals surface area contributed by atoms with Crippen LogP contribution < -0.4 is 21.3 Å². The summed E-state index contributed by atoms with van der Waals surface area (Å²) in [5, 5.41) is 29.0. The maximum absolute atomic E-state index is 13.9. The fourth-order valence-electron chi connectivity index (χ4n) is 5.59. The van der Waals surface area contributed by atoms with Crippen molar-refractivity contribution in [3.63, 3.8) is 0 Å². The van der Waals surface area contributed by atoms with Crippen molar-refractivity contribution in [3.8, 4) is 0 Å². The lowest BCUT2D eigenvalue weighted by Crippen LogP contribution is -2.60. The minimum atomic E-state index is -1.73. The molecule has 0 radical (unpaired) electrons. The van der Waals surface area contributed by atoms with E-state index >= 15 is 0 Å². The van der Waals surface area contributed by atoms with Crippen molar-refractivity contribution in [2.75, 3.05) is 13.1 Å². The first-order valence-electron chi connectivity index (χ1n) is 17.3. The van der Waals surface area contributed by atoms with Crippen LogP contribution in [0.5, 0.6) is 0 Å². The molecule has 15 nitrogen and oxygen atoms in total. The summed E-state index contributed by atoms with van der Waals surface area (Å²) in [6.07, 6.45) is 0.282. The number of benzene rings is 1. The summed E-state index contributed by atoms with van der Waals surface area (Å²) in [7, 11) is 0. The second kappa shape index (κ2) is 20.9. The zero-order valence-corrected chi connectivity index (χ0v) is 29.6. The zero-order chi connectivity index (χ0) is 37.4. The minimum Gasteiger partial charge on any atom is -0.481 e. The number of nitrogens with one attached hydrogen (secondary N) is 4. The summed E-state index contributed by atoms with van der Waals surface area (Å²) in [5.74, 6) is -7.08. The van der Waals surface area contributed by atoms with Gasteiger partial charge in [-0.2, -0.15) is 0 Å². The lowest BCUT2D eigenvalue weighted by molar-refractivity contribution is -0.144. The van der Waals surface area contributed by atoms with E-state index in [-0.39, 0.29) is 18.9 Å². The standard InChI is InChI=1S/C35H53N5O10/c1-6-24(7-2)31(44)39-30(22(5)50-20-23-13-9-8-10-14-23)34(47)37-25(18-28(41)40-15-11-12-16-40)32(45)36-26(19-29(42)43)33(46)38-27(35(48)49)17-21(3)4/h8-10,13-14,21-22,24-27,30H,6-7,11-12,15-20H2,1-5H3,(H,36,45)(H,37,47)(H,38,46)(H,39,44)(H,42,43)(H,48,49)/t22?,25-,26-,27-,30-/m0/s1. The number of carboxylic acids is 2. The van der Waals surface area contributed by atoms with E-state index in [1.165, 1.54) is 4.90 Å². The molecule has 6 N–H and O–H groups in total. The van der Waals surface area contributed by atoms with Crippen LogP contribution in [0.3, 0.4) is 0 Å². The maximum Gasteiger partial charge on any atom is 0.326 e. The summed E-state index contributed by atoms with van der Waals surface area (Å²) >= 11 is 0. The van der Waals surface area contributed by atoms with E-state index in [0.717, 1.165) is 18.4 Å². The molecule has 1 fully saturated rings. The van der Waals surface area contributed by atoms with Gasteiger partial charge in [-0.15, -0.1) is 0 Å². The molecule has 0 bridgehead atoms. The predicted molar refractivity (Wildman–Crippen MR) is 182 cm³/mol. The molecule has 1 aliphatic rings. The Balaban J connectivity index is 2.38. The summed E-state index contributed by atoms with van der Waals surface area (Å²) in [4.78, 5) is 92.2. The molecule has 1 aromatic carbocycles. The molecule has 278 valence electrons. The van der Waals surface area contributed by atoms with Crippen molar-refractivity contribution < 1.29 is 48.5 Å². The number of nitrogens with zero attached hydrogens (tertiary/aromatic N) is 1. The van der Waals surface area contributed by atoms with E-state index in [2.05, 4.69) is 21.3 Å². The highest BCUT2D eigenvalue weighted by molar-refractivity contribution is 5.98. The highest BCUT2D eigenvalue weighted by Crippen LogP contribution is 2.14. The van der Waals surface area contributed by atoms with Crippen molar-refractivity contribution >= 4 is 41.5 Å². The molecule has 0 saturated carbocycles. The lowest BCUT2D eigenvalue weighted by atomic mass is 10.0. The highest BCUT2D eigenvalue weighted by atomic mass is 16.5. The topological polar surface area (TPSA) is 221 Å². The van der Waals surface area contributed by atoms with Gasteiger partial charge in [-0.05, 0) is 50.5 Å². The molecule has 1 aliphatic heterocycles. The Morgan fingerprint density at radius 1 is 0.740 bits per heavy atom. The maximum atomic E-state index is 13.9. The molecule has 50 heavy (non-hydrogen) atoms. The van der Waals surface area contributed by atoms with Gasteiger partial charge in [-0.1, -0.05) is 58.0 Å². The molecule has 1 unspecified atom stereocenters. The van der Waals surface area contributed by atoms with Crippen molar-refractivity contribution in [2.45, 2.75) is 116 Å². The van der Waals surface area contributed by atoms with Gasteiger partial charge in [0.05, 0.1) is 25.6 Å². The first-order valence-corrected chi connectivity index (χ1v) is 17.3. The molecule has 5 atom stereocenters. The van der Waals surface area contributed by atoms with Crippen molar-refractivity contribution in [1.29, 1.82) is 0 Å². The molecular formula is C35H53N5O10. The zero-order valence-electron chi connectivity index (χ0n) is 29.6. The number of carboxylic acid groups (broad SMARTS) is 2. The van der Waals surface area contributed by atoms with Crippen LogP contribution in [-0.2, 0) is 44.9 Å². The summed E-state index contributed by atoms with van der Waals surface area (Å²) in [6, 6.07) is 3.21. The number of aliphatic carboxylic acids is 2. The van der Waals surface area contributed by atoms with Crippen LogP contribution in [0.1, 0.15) is 85.1 Å². The number of rotatable bonds is 21. The number of ether oxygens (including phenoxy) is 1. The number of hydrogen-bond donors (Lipinski definition) is 6. The monoisotopic (exact) mass is 703 g/mol. The van der Waals surface area contributed by atoms with E-state index < -0.39 is 90.5 Å². The first kappa shape index (κ1) is 41.6. The van der Waals surface area contributed by atoms with E-state index in [1.54, 1.807) is 20.8 Å². The minimum absolute atomic E-state index is 0.0480. The largest absolute Gasteiger partial charge is 0.481 e. The van der Waals surface area contributed by atoms with Gasteiger partial charge in [0.1, 0.15) is 24.2 Å². The Morgan fingerprint density at radius 3 is 1.80 bits per heavy atom. The Kier molecular flexibility index (Phi) is 17.4. The highest BCUT2D eigenvalue weighted by Gasteiger charge is 2.36. The average Bonchev–Trinajstić information content (AvgIpc) is 3.61. The van der Waals surface area contributed by atoms with Crippen LogP contribution in [0.2, 0.25) is 0 Å². The summed E-state index contributed by atoms with van der Waals surface area (Å²) < 4.78 is 5.97. The third-order valence-corrected chi connectivity index (χ3v) is 8.57. The van der Waals surface area contributed by atoms with Crippen molar-refractivity contribution in [2.24, 2.45) is 11.8 Å². The SMILES string of the molecule is CCC(CC)C(=O)N[C@H](C(=O)N[C@@H](CC(=O)N1CCCC1)C(=O)N[C@@H](CC(=O)O)C(=O)N[C@@H](CC(C)C)C(=O)O)C(C)OCc1ccccc1. The Labute approximate surface area is 293 Å². The van der Waals surface area contributed by atoms with E-state index in [9.17, 15) is 43.8 Å². The molecule has 1 heterocycles. The van der Waals surface area contributed by atoms with Gasteiger partial charge in [0, 0.05) is 19.0 Å². The number of carbonyl (C=O) groups is 7. The van der Waals surface area contributed by atoms with Crippen molar-refractivity contribution in [1.82, 2.24) is 26.2 Å². The van der Waals surface area contributed by atoms with Crippen LogP contribution in [0, 0.1) is 11.8 Å². The summed E-state index contributed by atoms with van der Waals surface area (Å²) in [5.41, 5.74) is 0.819. The van der Waals surface area contributed by atoms with Crippen molar-refractivity contribution in [3.05, 3.63) is 35.9 Å². The molecule has 2 rings (SSSR count). The first-order chi connectivity index (χ1) is 23.7. The quantitative estimate of drug-likeness (QED) is 0.109. The fraction of sp³-hybridized carbons (Fsp3) is 0.629. The number of amides is 5. The predicted octanol–water partition coefficient (Wildman–Crippen LogP) is 1.59. The van der Waals surface area contributed by atoms with Crippen LogP contribution >= 0.6 is 0 Å². The van der Waals surface area contributed by atoms with Crippen LogP contribution in [0.4, 0.5) is 0 Å². The second-order valence-corrected chi connectivity index (χ2v) is 13.0. The van der Waals surface area contributed by atoms with Gasteiger partial charge in [-0.25, -0.2) is 4.79 Å². The Bertz CT molecular complexity index is 1310. The molecular weight excluding hydrogens is 650 g/mol. The average molecular weight is 704 g/mol. The summed E-state index contributed by atoms with van der Waals surface area (Å²) in [6.45, 7) is 9.79. The van der Waals surface area contributed by atoms with Crippen LogP contribution in [0.15, 0.2) is 30.3 Å². The number of carbonyl (C=O) groups excluding carboxylic acids is 5. The number of hydrogen-bond acceptors (Lipinski definition) is 8. The lowest BCUT2D eigenvalue weighted by Gasteiger charge is -2.29. The smallest absolute Gasteiger partial charge is 0.326 e. The second-order valence-electron chi connectivity index (χ2n) is 13.0. The molecule has 1 saturated heterocycles. The van der Waals surface area contributed by atoms with Gasteiger partial charge < -0.3 is 41.1 Å². The van der Waals surface area contributed by atoms with E-state index in [4.69, 9.17) is 4.74 Å². The Hall–Kier alpha value is -4.53. The fourth-order valence-corrected chi connectivity index (χ4v) is 5.59. The third-order valence-electron chi connectivity index (χ3n) is 8.57. The third kappa shape index (κ3) is 13.8. The molecule has 15 heteroatoms. The van der Waals surface area contributed by atoms with Gasteiger partial charge in [0.25, 0.3) is 0 Å². The van der Waals surface area contributed by atoms with Gasteiger partial charge in [-0.3, -0.25) is 28.8 Å². The Morgan fingerprint density at radius 2 is 1.28 bits per heavy atom. The normalized spacial score (nSPS) is 15.8. The molecule has 5 amide bonds. The van der Waals surface area contributed by atoms with Crippen LogP contribution in [0.25, 0.3) is 0 Å². The van der Waals surface area contributed by atoms with Gasteiger partial charge in [0.15, 0.2) is 0 Å². The molecule has 0 aromatic heterocycles. The van der Waals surface area contributed by atoms with E-state index in [0.29, 0.717) is 25.9 Å². The molecule has 0 spiro atoms. The van der Waals surface area contributed by atoms with E-state index in [1.807, 2.05) is 44.2 Å².